The van der Waals surface area contributed by atoms with Crippen LogP contribution in [0.1, 0.15) is 18.5 Å². The van der Waals surface area contributed by atoms with Gasteiger partial charge in [-0.25, -0.2) is 13.6 Å². The minimum Gasteiger partial charge on any atom is -0.504 e. The summed E-state index contributed by atoms with van der Waals surface area (Å²) in [6.07, 6.45) is -0.968. The van der Waals surface area contributed by atoms with Crippen LogP contribution in [0.25, 0.3) is 0 Å². The van der Waals surface area contributed by atoms with Crippen LogP contribution in [0.15, 0.2) is 18.2 Å². The van der Waals surface area contributed by atoms with E-state index in [-0.39, 0.29) is 11.3 Å². The van der Waals surface area contributed by atoms with Gasteiger partial charge in [0.05, 0.1) is 0 Å². The highest BCUT2D eigenvalue weighted by molar-refractivity contribution is 5.71. The van der Waals surface area contributed by atoms with Gasteiger partial charge in [-0.15, -0.1) is 0 Å². The van der Waals surface area contributed by atoms with E-state index in [2.05, 4.69) is 9.47 Å². The number of rotatable bonds is 2. The molecule has 0 radical (unpaired) electrons. The molecule has 1 amide bonds. The van der Waals surface area contributed by atoms with Crippen LogP contribution in [0.4, 0.5) is 13.6 Å². The number of ether oxygens (including phenoxy) is 2. The van der Waals surface area contributed by atoms with E-state index in [1.54, 1.807) is 0 Å². The molecule has 2 rings (SSSR count). The second kappa shape index (κ2) is 4.95. The fourth-order valence-electron chi connectivity index (χ4n) is 1.79. The van der Waals surface area contributed by atoms with Gasteiger partial charge in [0.15, 0.2) is 18.1 Å². The summed E-state index contributed by atoms with van der Waals surface area (Å²) in [5, 5.41) is 11.6. The lowest BCUT2D eigenvalue weighted by Crippen LogP contribution is -2.49. The van der Waals surface area contributed by atoms with Crippen molar-refractivity contribution in [2.75, 3.05) is 6.61 Å². The Morgan fingerprint density at radius 2 is 2.25 bits per heavy atom. The van der Waals surface area contributed by atoms with Crippen molar-refractivity contribution in [2.45, 2.75) is 18.9 Å². The molecule has 1 aliphatic heterocycles. The van der Waals surface area contributed by atoms with Crippen LogP contribution in [-0.4, -0.2) is 29.7 Å². The van der Waals surface area contributed by atoms with Crippen molar-refractivity contribution in [3.05, 3.63) is 23.8 Å². The molecule has 20 heavy (non-hydrogen) atoms. The summed E-state index contributed by atoms with van der Waals surface area (Å²) in [7, 11) is 0. The van der Waals surface area contributed by atoms with Gasteiger partial charge in [0.1, 0.15) is 6.04 Å². The van der Waals surface area contributed by atoms with E-state index in [1.807, 2.05) is 5.32 Å². The first-order valence-electron chi connectivity index (χ1n) is 5.62. The number of hydrogen-bond acceptors (Lipinski definition) is 5. The lowest BCUT2D eigenvalue weighted by atomic mass is 9.99. The van der Waals surface area contributed by atoms with Crippen LogP contribution in [0.5, 0.6) is 11.5 Å². The first-order chi connectivity index (χ1) is 9.29. The van der Waals surface area contributed by atoms with Crippen LogP contribution in [0, 0.1) is 0 Å². The summed E-state index contributed by atoms with van der Waals surface area (Å²) < 4.78 is 36.2. The molecule has 0 unspecified atom stereocenters. The average Bonchev–Trinajstić information content (AvgIpc) is 2.34. The van der Waals surface area contributed by atoms with Gasteiger partial charge in [-0.2, -0.15) is 0 Å². The summed E-state index contributed by atoms with van der Waals surface area (Å²) >= 11 is 0. The molecule has 1 heterocycles. The molecule has 6 nitrogen and oxygen atoms in total. The quantitative estimate of drug-likeness (QED) is 0.639. The molecule has 0 aliphatic carbocycles. The van der Waals surface area contributed by atoms with Gasteiger partial charge in [-0.1, -0.05) is 6.07 Å². The molecule has 0 saturated carbocycles. The molecule has 108 valence electrons. The Morgan fingerprint density at radius 3 is 2.85 bits per heavy atom. The van der Waals surface area contributed by atoms with Gasteiger partial charge in [0.25, 0.3) is 0 Å². The number of phenols is 1. The van der Waals surface area contributed by atoms with Gasteiger partial charge < -0.3 is 19.9 Å². The molecule has 8 heteroatoms. The lowest BCUT2D eigenvalue weighted by molar-refractivity contribution is -0.132. The largest absolute Gasteiger partial charge is 0.504 e. The third kappa shape index (κ3) is 2.79. The Bertz CT molecular complexity index is 561. The highest BCUT2D eigenvalue weighted by atomic mass is 19.3. The Morgan fingerprint density at radius 1 is 1.55 bits per heavy atom. The zero-order chi connectivity index (χ0) is 14.9. The number of alkyl halides is 2. The van der Waals surface area contributed by atoms with Crippen molar-refractivity contribution in [1.29, 1.82) is 0 Å². The molecular formula is C12H11F2NO5. The second-order valence-electron chi connectivity index (χ2n) is 4.24. The summed E-state index contributed by atoms with van der Waals surface area (Å²) in [4.78, 5) is 21.8. The number of aromatic hydroxyl groups is 1. The highest BCUT2D eigenvalue weighted by Gasteiger charge is 2.46. The number of amides is 1. The van der Waals surface area contributed by atoms with E-state index in [0.717, 1.165) is 13.0 Å². The molecule has 0 bridgehead atoms. The maximum Gasteiger partial charge on any atom is 0.408 e. The Labute approximate surface area is 112 Å². The summed E-state index contributed by atoms with van der Waals surface area (Å²) in [5.41, 5.74) is -0.0277. The Kier molecular flexibility index (Phi) is 3.47. The van der Waals surface area contributed by atoms with Gasteiger partial charge in [0.2, 0.25) is 0 Å². The first-order valence-corrected chi connectivity index (χ1v) is 5.62. The summed E-state index contributed by atoms with van der Waals surface area (Å²) in [5.74, 6) is -4.60. The van der Waals surface area contributed by atoms with Gasteiger partial charge in [-0.05, 0) is 17.7 Å². The fourth-order valence-corrected chi connectivity index (χ4v) is 1.79. The molecule has 1 atom stereocenters. The van der Waals surface area contributed by atoms with Crippen LogP contribution >= 0.6 is 0 Å². The molecule has 1 aromatic rings. The number of hydrogen-bond donors (Lipinski definition) is 2. The van der Waals surface area contributed by atoms with Crippen LogP contribution in [-0.2, 0) is 9.53 Å². The normalized spacial score (nSPS) is 20.8. The molecule has 1 aliphatic rings. The smallest absolute Gasteiger partial charge is 0.408 e. The van der Waals surface area contributed by atoms with E-state index in [0.29, 0.717) is 0 Å². The number of carbonyl (C=O) groups is 2. The fraction of sp³-hybridized carbons (Fsp3) is 0.333. The monoisotopic (exact) mass is 287 g/mol. The SMILES string of the molecule is CC(=O)Oc1ccc([C@H]2NC(=O)OCC2(F)F)cc1O. The number of phenolic OH excluding ortho intramolecular Hbond substituents is 1. The molecule has 0 spiro atoms. The van der Waals surface area contributed by atoms with E-state index in [9.17, 15) is 23.5 Å². The number of carbonyl (C=O) groups excluding carboxylic acids is 2. The van der Waals surface area contributed by atoms with Gasteiger partial charge >= 0.3 is 18.0 Å². The minimum atomic E-state index is -3.32. The third-order valence-corrected chi connectivity index (χ3v) is 2.65. The zero-order valence-electron chi connectivity index (χ0n) is 10.4. The van der Waals surface area contributed by atoms with E-state index >= 15 is 0 Å². The molecule has 1 saturated heterocycles. The number of halogens is 2. The lowest BCUT2D eigenvalue weighted by Gasteiger charge is -2.31. The van der Waals surface area contributed by atoms with Crippen LogP contribution < -0.4 is 10.1 Å². The van der Waals surface area contributed by atoms with E-state index < -0.39 is 36.4 Å². The van der Waals surface area contributed by atoms with Crippen molar-refractivity contribution in [3.8, 4) is 11.5 Å². The average molecular weight is 287 g/mol. The molecule has 0 aromatic heterocycles. The second-order valence-corrected chi connectivity index (χ2v) is 4.24. The van der Waals surface area contributed by atoms with Gasteiger partial charge in [0, 0.05) is 6.92 Å². The third-order valence-electron chi connectivity index (χ3n) is 2.65. The Balaban J connectivity index is 2.30. The van der Waals surface area contributed by atoms with Gasteiger partial charge in [-0.3, -0.25) is 4.79 Å². The van der Waals surface area contributed by atoms with Crippen LogP contribution in [0.2, 0.25) is 0 Å². The minimum absolute atomic E-state index is 0.0277. The van der Waals surface area contributed by atoms with Crippen LogP contribution in [0.3, 0.4) is 0 Å². The first kappa shape index (κ1) is 14.0. The van der Waals surface area contributed by atoms with E-state index in [4.69, 9.17) is 0 Å². The number of cyclic esters (lactones) is 1. The number of esters is 1. The predicted octanol–water partition coefficient (Wildman–Crippen LogP) is 1.73. The zero-order valence-corrected chi connectivity index (χ0v) is 10.4. The van der Waals surface area contributed by atoms with Crippen molar-refractivity contribution in [1.82, 2.24) is 5.32 Å². The molecular weight excluding hydrogens is 276 g/mol. The maximum atomic E-state index is 13.7. The topological polar surface area (TPSA) is 84.9 Å². The summed E-state index contributed by atoms with van der Waals surface area (Å²) in [6, 6.07) is 1.77. The summed E-state index contributed by atoms with van der Waals surface area (Å²) in [6.45, 7) is 0.0934. The van der Waals surface area contributed by atoms with Crippen molar-refractivity contribution in [2.24, 2.45) is 0 Å². The predicted molar refractivity (Wildman–Crippen MR) is 61.6 cm³/mol. The van der Waals surface area contributed by atoms with E-state index in [1.165, 1.54) is 12.1 Å². The van der Waals surface area contributed by atoms with Crippen molar-refractivity contribution < 1.29 is 33.0 Å². The molecule has 1 aromatic carbocycles. The standard InChI is InChI=1S/C12H11F2NO5/c1-6(16)20-9-3-2-7(4-8(9)17)10-12(13,14)5-19-11(18)15-10/h2-4,10,17H,5H2,1H3,(H,15,18)/t10-/m1/s1. The molecule has 2 N–H and O–H groups in total. The number of nitrogens with one attached hydrogen (secondary N) is 1. The Hall–Kier alpha value is -2.38. The number of benzene rings is 1. The molecule has 1 fully saturated rings. The number of alkyl carbamates (subject to hydrolysis) is 1. The highest BCUT2D eigenvalue weighted by Crippen LogP contribution is 2.37. The van der Waals surface area contributed by atoms with Crippen molar-refractivity contribution >= 4 is 12.1 Å². The maximum absolute atomic E-state index is 13.7. The van der Waals surface area contributed by atoms with Crippen molar-refractivity contribution in [3.63, 3.8) is 0 Å².